The fourth-order valence-electron chi connectivity index (χ4n) is 4.00. The zero-order chi connectivity index (χ0) is 19.8. The van der Waals surface area contributed by atoms with E-state index in [4.69, 9.17) is 9.47 Å². The van der Waals surface area contributed by atoms with Crippen molar-refractivity contribution < 1.29 is 14.3 Å². The molecule has 5 heteroatoms. The van der Waals surface area contributed by atoms with E-state index in [2.05, 4.69) is 34.5 Å². The highest BCUT2D eigenvalue weighted by Gasteiger charge is 2.35. The van der Waals surface area contributed by atoms with E-state index in [1.54, 1.807) is 14.2 Å². The van der Waals surface area contributed by atoms with Gasteiger partial charge in [-0.15, -0.1) is 0 Å². The van der Waals surface area contributed by atoms with Crippen LogP contribution in [0.15, 0.2) is 54.6 Å². The molecule has 1 aliphatic rings. The van der Waals surface area contributed by atoms with Gasteiger partial charge in [-0.05, 0) is 31.0 Å². The zero-order valence-corrected chi connectivity index (χ0v) is 16.8. The van der Waals surface area contributed by atoms with Crippen LogP contribution in [0.5, 0.6) is 5.75 Å². The molecule has 1 fully saturated rings. The average Bonchev–Trinajstić information content (AvgIpc) is 2.74. The highest BCUT2D eigenvalue weighted by molar-refractivity contribution is 5.79. The standard InChI is InChI=1S/C23H30N2O3/c1-27-17-21-20(12-8-14-25(21)16-18-9-4-3-5-10-18)23(26)24-15-19-11-6-7-13-22(19)28-2/h3-7,9-11,13,20-21H,8,12,14-17H2,1-2H3,(H,24,26)/t20-,21-/m1/s1. The molecule has 0 spiro atoms. The summed E-state index contributed by atoms with van der Waals surface area (Å²) >= 11 is 0. The molecule has 2 atom stereocenters. The normalized spacial score (nSPS) is 19.9. The molecule has 2 aromatic carbocycles. The number of amides is 1. The minimum atomic E-state index is -0.0767. The molecule has 1 heterocycles. The van der Waals surface area contributed by atoms with E-state index in [1.165, 1.54) is 5.56 Å². The van der Waals surface area contributed by atoms with Gasteiger partial charge in [0.1, 0.15) is 5.75 Å². The first kappa shape index (κ1) is 20.4. The second-order valence-electron chi connectivity index (χ2n) is 7.26. The van der Waals surface area contributed by atoms with Crippen molar-refractivity contribution in [2.45, 2.75) is 32.0 Å². The molecule has 1 amide bonds. The van der Waals surface area contributed by atoms with Crippen LogP contribution in [-0.4, -0.2) is 44.2 Å². The molecule has 150 valence electrons. The van der Waals surface area contributed by atoms with Gasteiger partial charge in [-0.25, -0.2) is 0 Å². The lowest BCUT2D eigenvalue weighted by Crippen LogP contribution is -2.52. The number of nitrogens with zero attached hydrogens (tertiary/aromatic N) is 1. The third kappa shape index (κ3) is 5.12. The number of carbonyl (C=O) groups excluding carboxylic acids is 1. The average molecular weight is 383 g/mol. The molecule has 0 bridgehead atoms. The number of hydrogen-bond donors (Lipinski definition) is 1. The fourth-order valence-corrected chi connectivity index (χ4v) is 4.00. The number of para-hydroxylation sites is 1. The summed E-state index contributed by atoms with van der Waals surface area (Å²) < 4.78 is 10.9. The molecule has 0 aromatic heterocycles. The zero-order valence-electron chi connectivity index (χ0n) is 16.8. The minimum absolute atomic E-state index is 0.0767. The smallest absolute Gasteiger partial charge is 0.225 e. The Morgan fingerprint density at radius 3 is 2.61 bits per heavy atom. The summed E-state index contributed by atoms with van der Waals surface area (Å²) in [6, 6.07) is 18.3. The molecular weight excluding hydrogens is 352 g/mol. The molecule has 1 N–H and O–H groups in total. The lowest BCUT2D eigenvalue weighted by molar-refractivity contribution is -0.130. The van der Waals surface area contributed by atoms with Crippen LogP contribution in [-0.2, 0) is 22.6 Å². The highest BCUT2D eigenvalue weighted by Crippen LogP contribution is 2.26. The van der Waals surface area contributed by atoms with Crippen LogP contribution in [0, 0.1) is 5.92 Å². The fraction of sp³-hybridized carbons (Fsp3) is 0.435. The van der Waals surface area contributed by atoms with Gasteiger partial charge in [0.05, 0.1) is 19.6 Å². The molecule has 1 aliphatic heterocycles. The number of benzene rings is 2. The summed E-state index contributed by atoms with van der Waals surface area (Å²) in [6.07, 6.45) is 1.90. The van der Waals surface area contributed by atoms with E-state index in [9.17, 15) is 4.79 Å². The molecule has 3 rings (SSSR count). The second kappa shape index (κ2) is 10.2. The molecule has 0 aliphatic carbocycles. The van der Waals surface area contributed by atoms with E-state index in [1.807, 2.05) is 30.3 Å². The van der Waals surface area contributed by atoms with Crippen LogP contribution in [0.2, 0.25) is 0 Å². The van der Waals surface area contributed by atoms with Crippen molar-refractivity contribution >= 4 is 5.91 Å². The molecule has 2 aromatic rings. The largest absolute Gasteiger partial charge is 0.496 e. The maximum atomic E-state index is 13.0. The number of piperidine rings is 1. The van der Waals surface area contributed by atoms with Gasteiger partial charge in [-0.3, -0.25) is 9.69 Å². The number of nitrogens with one attached hydrogen (secondary N) is 1. The molecule has 0 unspecified atom stereocenters. The summed E-state index contributed by atoms with van der Waals surface area (Å²) in [5.41, 5.74) is 2.25. The minimum Gasteiger partial charge on any atom is -0.496 e. The van der Waals surface area contributed by atoms with Gasteiger partial charge in [0.15, 0.2) is 0 Å². The van der Waals surface area contributed by atoms with Gasteiger partial charge >= 0.3 is 0 Å². The van der Waals surface area contributed by atoms with E-state index in [0.29, 0.717) is 13.2 Å². The Labute approximate surface area is 167 Å². The van der Waals surface area contributed by atoms with Crippen molar-refractivity contribution in [3.63, 3.8) is 0 Å². The van der Waals surface area contributed by atoms with Gasteiger partial charge in [-0.2, -0.15) is 0 Å². The van der Waals surface area contributed by atoms with E-state index in [0.717, 1.165) is 37.2 Å². The Hall–Kier alpha value is -2.37. The predicted octanol–water partition coefficient (Wildman–Crippen LogP) is 3.24. The quantitative estimate of drug-likeness (QED) is 0.762. The van der Waals surface area contributed by atoms with Crippen LogP contribution in [0.3, 0.4) is 0 Å². The van der Waals surface area contributed by atoms with Crippen molar-refractivity contribution in [3.8, 4) is 5.75 Å². The lowest BCUT2D eigenvalue weighted by Gasteiger charge is -2.40. The summed E-state index contributed by atoms with van der Waals surface area (Å²) in [7, 11) is 3.36. The van der Waals surface area contributed by atoms with Crippen LogP contribution in [0.1, 0.15) is 24.0 Å². The second-order valence-corrected chi connectivity index (χ2v) is 7.26. The topological polar surface area (TPSA) is 50.8 Å². The van der Waals surface area contributed by atoms with Crippen molar-refractivity contribution in [2.75, 3.05) is 27.4 Å². The van der Waals surface area contributed by atoms with Crippen LogP contribution in [0.4, 0.5) is 0 Å². The number of methoxy groups -OCH3 is 2. The molecule has 0 radical (unpaired) electrons. The Kier molecular flexibility index (Phi) is 7.46. The summed E-state index contributed by atoms with van der Waals surface area (Å²) in [5, 5.41) is 3.12. The summed E-state index contributed by atoms with van der Waals surface area (Å²) in [6.45, 7) is 2.85. The summed E-state index contributed by atoms with van der Waals surface area (Å²) in [5.74, 6) is 0.809. The lowest BCUT2D eigenvalue weighted by atomic mass is 9.88. The van der Waals surface area contributed by atoms with E-state index in [-0.39, 0.29) is 17.9 Å². The van der Waals surface area contributed by atoms with Crippen molar-refractivity contribution in [1.82, 2.24) is 10.2 Å². The number of likely N-dealkylation sites (tertiary alicyclic amines) is 1. The SMILES string of the molecule is COC[C@@H]1[C@H](C(=O)NCc2ccccc2OC)CCCN1Cc1ccccc1. The van der Waals surface area contributed by atoms with Crippen LogP contribution < -0.4 is 10.1 Å². The van der Waals surface area contributed by atoms with Gasteiger partial charge < -0.3 is 14.8 Å². The van der Waals surface area contributed by atoms with E-state index < -0.39 is 0 Å². The Bertz CT molecular complexity index is 751. The first-order chi connectivity index (χ1) is 13.7. The predicted molar refractivity (Wildman–Crippen MR) is 110 cm³/mol. The number of rotatable bonds is 8. The van der Waals surface area contributed by atoms with Gasteiger partial charge in [-0.1, -0.05) is 48.5 Å². The maximum absolute atomic E-state index is 13.0. The van der Waals surface area contributed by atoms with Crippen LogP contribution >= 0.6 is 0 Å². The Morgan fingerprint density at radius 2 is 1.86 bits per heavy atom. The maximum Gasteiger partial charge on any atom is 0.225 e. The summed E-state index contributed by atoms with van der Waals surface area (Å²) in [4.78, 5) is 15.4. The van der Waals surface area contributed by atoms with Gasteiger partial charge in [0, 0.05) is 31.8 Å². The third-order valence-corrected chi connectivity index (χ3v) is 5.44. The monoisotopic (exact) mass is 382 g/mol. The third-order valence-electron chi connectivity index (χ3n) is 5.44. The molecule has 28 heavy (non-hydrogen) atoms. The number of ether oxygens (including phenoxy) is 2. The van der Waals surface area contributed by atoms with Crippen molar-refractivity contribution in [1.29, 1.82) is 0 Å². The first-order valence-electron chi connectivity index (χ1n) is 9.89. The Balaban J connectivity index is 1.67. The van der Waals surface area contributed by atoms with Crippen molar-refractivity contribution in [2.24, 2.45) is 5.92 Å². The first-order valence-corrected chi connectivity index (χ1v) is 9.89. The molecular formula is C23H30N2O3. The highest BCUT2D eigenvalue weighted by atomic mass is 16.5. The molecule has 5 nitrogen and oxygen atoms in total. The van der Waals surface area contributed by atoms with Crippen molar-refractivity contribution in [3.05, 3.63) is 65.7 Å². The van der Waals surface area contributed by atoms with E-state index >= 15 is 0 Å². The van der Waals surface area contributed by atoms with Gasteiger partial charge in [0.2, 0.25) is 5.91 Å². The number of hydrogen-bond acceptors (Lipinski definition) is 4. The number of carbonyl (C=O) groups is 1. The molecule has 1 saturated heterocycles. The Morgan fingerprint density at radius 1 is 1.11 bits per heavy atom. The van der Waals surface area contributed by atoms with Crippen LogP contribution in [0.25, 0.3) is 0 Å². The molecule has 0 saturated carbocycles. The van der Waals surface area contributed by atoms with Gasteiger partial charge in [0.25, 0.3) is 0 Å².